The normalized spacial score (nSPS) is 16.9. The molecule has 1 aliphatic carbocycles. The van der Waals surface area contributed by atoms with E-state index in [1.165, 1.54) is 12.8 Å². The van der Waals surface area contributed by atoms with Crippen LogP contribution in [-0.4, -0.2) is 79.8 Å². The number of aliphatic imine (C=N–C) groups is 1. The number of aromatic nitrogens is 5. The van der Waals surface area contributed by atoms with Gasteiger partial charge in [-0.15, -0.1) is 5.10 Å². The van der Waals surface area contributed by atoms with Gasteiger partial charge in [0.2, 0.25) is 5.82 Å². The Bertz CT molecular complexity index is 1220. The Hall–Kier alpha value is -3.89. The molecule has 2 aliphatic rings. The molecule has 11 nitrogen and oxygen atoms in total. The lowest BCUT2D eigenvalue weighted by atomic mass is 10.0. The second-order valence-corrected chi connectivity index (χ2v) is 9.90. The first-order valence-electron chi connectivity index (χ1n) is 12.7. The van der Waals surface area contributed by atoms with Crippen LogP contribution in [0, 0.1) is 0 Å². The Kier molecular flexibility index (Phi) is 8.10. The van der Waals surface area contributed by atoms with Gasteiger partial charge in [-0.25, -0.2) is 14.5 Å². The maximum absolute atomic E-state index is 13.1. The van der Waals surface area contributed by atoms with E-state index in [2.05, 4.69) is 37.5 Å². The quantitative estimate of drug-likeness (QED) is 0.451. The van der Waals surface area contributed by atoms with E-state index in [1.54, 1.807) is 29.0 Å². The van der Waals surface area contributed by atoms with Gasteiger partial charge in [0, 0.05) is 26.2 Å². The molecule has 196 valence electrons. The van der Waals surface area contributed by atoms with Crippen molar-refractivity contribution < 1.29 is 9.59 Å². The molecular weight excluding hydrogens is 470 g/mol. The van der Waals surface area contributed by atoms with Gasteiger partial charge in [-0.1, -0.05) is 24.5 Å². The molecule has 0 atom stereocenters. The van der Waals surface area contributed by atoms with E-state index < -0.39 is 5.91 Å². The zero-order valence-corrected chi connectivity index (χ0v) is 22.0. The van der Waals surface area contributed by atoms with Crippen LogP contribution in [0.3, 0.4) is 0 Å². The van der Waals surface area contributed by atoms with Gasteiger partial charge in [-0.3, -0.25) is 9.79 Å². The van der Waals surface area contributed by atoms with Crippen LogP contribution in [0.2, 0.25) is 0 Å². The second kappa shape index (κ2) is 11.4. The van der Waals surface area contributed by atoms with Crippen molar-refractivity contribution in [2.45, 2.75) is 65.0 Å². The number of carbonyl (C=O) groups is 2. The van der Waals surface area contributed by atoms with Crippen molar-refractivity contribution >= 4 is 24.5 Å². The lowest BCUT2D eigenvalue weighted by Crippen LogP contribution is -2.47. The minimum Gasteiger partial charge on any atom is -0.325 e. The van der Waals surface area contributed by atoms with Gasteiger partial charge in [-0.05, 0) is 81.0 Å². The fourth-order valence-electron chi connectivity index (χ4n) is 4.75. The van der Waals surface area contributed by atoms with Crippen molar-refractivity contribution in [2.75, 3.05) is 25.5 Å². The average Bonchev–Trinajstić information content (AvgIpc) is 3.60. The molecule has 11 heteroatoms. The first-order valence-corrected chi connectivity index (χ1v) is 12.7. The molecule has 4 rings (SSSR count). The number of tetrazole rings is 1. The van der Waals surface area contributed by atoms with E-state index in [1.807, 2.05) is 37.6 Å². The maximum atomic E-state index is 13.1. The number of carbonyl (C=O) groups excluding carboxylic acids is 2. The van der Waals surface area contributed by atoms with Gasteiger partial charge in [0.15, 0.2) is 0 Å². The fourth-order valence-corrected chi connectivity index (χ4v) is 4.75. The number of hydrogen-bond donors (Lipinski definition) is 1. The highest BCUT2D eigenvalue weighted by atomic mass is 16.2. The van der Waals surface area contributed by atoms with E-state index in [0.29, 0.717) is 36.5 Å². The topological polar surface area (TPSA) is 122 Å². The Balaban J connectivity index is 1.48. The summed E-state index contributed by atoms with van der Waals surface area (Å²) in [5.41, 5.74) is 2.73. The zero-order chi connectivity index (χ0) is 26.5. The number of nitrogens with one attached hydrogen (secondary N) is 1. The highest BCUT2D eigenvalue weighted by molar-refractivity contribution is 6.03. The van der Waals surface area contributed by atoms with Crippen LogP contribution in [-0.2, 0) is 4.79 Å². The number of anilines is 1. The summed E-state index contributed by atoms with van der Waals surface area (Å²) < 4.78 is 1.67. The largest absolute Gasteiger partial charge is 0.325 e. The molecule has 0 spiro atoms. The Morgan fingerprint density at radius 3 is 2.73 bits per heavy atom. The monoisotopic (exact) mass is 505 g/mol. The van der Waals surface area contributed by atoms with Gasteiger partial charge >= 0.3 is 6.03 Å². The van der Waals surface area contributed by atoms with Crippen LogP contribution < -0.4 is 5.32 Å². The molecule has 2 aromatic heterocycles. The van der Waals surface area contributed by atoms with Crippen molar-refractivity contribution in [3.63, 3.8) is 0 Å². The third-order valence-electron chi connectivity index (χ3n) is 7.03. The molecular formula is C26H35N9O2. The Morgan fingerprint density at radius 1 is 1.27 bits per heavy atom. The van der Waals surface area contributed by atoms with E-state index in [0.717, 1.165) is 30.4 Å². The molecule has 1 N–H and O–H groups in total. The summed E-state index contributed by atoms with van der Waals surface area (Å²) in [4.78, 5) is 38.4. The standard InChI is InChI=1S/C26H35N9O2/c1-17(2)35-24(30-31-32-35)21-11-8-12-23(28-21)29-25(36)22(27-4)15-19-16-34(14-13-18(19)3)26(37)33(5)20-9-6-7-10-20/h8,11-12,15,17,20H,4,6-7,9-10,13-14,16H2,1-3,5H3,(H,28,29,36)/b22-15-. The van der Waals surface area contributed by atoms with Gasteiger partial charge in [0.1, 0.15) is 17.2 Å². The van der Waals surface area contributed by atoms with E-state index >= 15 is 0 Å². The van der Waals surface area contributed by atoms with Crippen LogP contribution in [0.1, 0.15) is 58.9 Å². The molecule has 0 bridgehead atoms. The molecule has 0 radical (unpaired) electrons. The Morgan fingerprint density at radius 2 is 2.03 bits per heavy atom. The minimum atomic E-state index is -0.435. The predicted molar refractivity (Wildman–Crippen MR) is 142 cm³/mol. The summed E-state index contributed by atoms with van der Waals surface area (Å²) in [6.07, 6.45) is 6.93. The summed E-state index contributed by atoms with van der Waals surface area (Å²) in [6, 6.07) is 5.65. The van der Waals surface area contributed by atoms with Crippen molar-refractivity contribution in [1.82, 2.24) is 35.0 Å². The lowest BCUT2D eigenvalue weighted by Gasteiger charge is -2.35. The highest BCUT2D eigenvalue weighted by Crippen LogP contribution is 2.26. The van der Waals surface area contributed by atoms with Gasteiger partial charge in [-0.2, -0.15) is 0 Å². The van der Waals surface area contributed by atoms with E-state index in [9.17, 15) is 9.59 Å². The first-order chi connectivity index (χ1) is 17.8. The smallest absolute Gasteiger partial charge is 0.320 e. The molecule has 2 aromatic rings. The third kappa shape index (κ3) is 5.92. The first kappa shape index (κ1) is 26.2. The summed E-state index contributed by atoms with van der Waals surface area (Å²) in [6.45, 7) is 10.7. The average molecular weight is 506 g/mol. The van der Waals surface area contributed by atoms with Crippen LogP contribution in [0.15, 0.2) is 46.1 Å². The minimum absolute atomic E-state index is 0.0348. The number of urea groups is 1. The van der Waals surface area contributed by atoms with Crippen molar-refractivity contribution in [3.05, 3.63) is 41.1 Å². The zero-order valence-electron chi connectivity index (χ0n) is 22.0. The molecule has 0 aromatic carbocycles. The number of hydrogen-bond acceptors (Lipinski definition) is 7. The van der Waals surface area contributed by atoms with Crippen LogP contribution in [0.4, 0.5) is 10.6 Å². The van der Waals surface area contributed by atoms with Crippen LogP contribution in [0.25, 0.3) is 11.5 Å². The fraction of sp³-hybridized carbons (Fsp3) is 0.500. The van der Waals surface area contributed by atoms with Crippen molar-refractivity contribution in [3.8, 4) is 11.5 Å². The summed E-state index contributed by atoms with van der Waals surface area (Å²) in [5, 5.41) is 14.6. The highest BCUT2D eigenvalue weighted by Gasteiger charge is 2.29. The Labute approximate surface area is 217 Å². The molecule has 3 amide bonds. The second-order valence-electron chi connectivity index (χ2n) is 9.90. The maximum Gasteiger partial charge on any atom is 0.320 e. The van der Waals surface area contributed by atoms with E-state index in [4.69, 9.17) is 0 Å². The van der Waals surface area contributed by atoms with Crippen LogP contribution >= 0.6 is 0 Å². The molecule has 37 heavy (non-hydrogen) atoms. The molecule has 0 unspecified atom stereocenters. The number of nitrogens with zero attached hydrogens (tertiary/aromatic N) is 8. The number of rotatable bonds is 7. The van der Waals surface area contributed by atoms with Gasteiger partial charge in [0.05, 0.1) is 6.04 Å². The molecule has 3 heterocycles. The van der Waals surface area contributed by atoms with Crippen molar-refractivity contribution in [2.24, 2.45) is 4.99 Å². The number of amides is 3. The van der Waals surface area contributed by atoms with Gasteiger partial charge in [0.25, 0.3) is 5.91 Å². The van der Waals surface area contributed by atoms with Crippen molar-refractivity contribution in [1.29, 1.82) is 0 Å². The van der Waals surface area contributed by atoms with Crippen LogP contribution in [0.5, 0.6) is 0 Å². The third-order valence-corrected chi connectivity index (χ3v) is 7.03. The lowest BCUT2D eigenvalue weighted by molar-refractivity contribution is -0.112. The van der Waals surface area contributed by atoms with Gasteiger partial charge < -0.3 is 15.1 Å². The SMILES string of the molecule is C=N/C(=C\C1=C(C)CCN(C(=O)N(C)C2CCCC2)C1)C(=O)Nc1cccc(-c2nnnn2C(C)C)n1. The summed E-state index contributed by atoms with van der Waals surface area (Å²) >= 11 is 0. The predicted octanol–water partition coefficient (Wildman–Crippen LogP) is 3.86. The number of pyridine rings is 1. The van der Waals surface area contributed by atoms with E-state index in [-0.39, 0.29) is 17.8 Å². The molecule has 1 saturated carbocycles. The summed E-state index contributed by atoms with van der Waals surface area (Å²) in [7, 11) is 1.89. The molecule has 1 fully saturated rings. The molecule has 1 aliphatic heterocycles. The molecule has 0 saturated heterocycles. The summed E-state index contributed by atoms with van der Waals surface area (Å²) in [5.74, 6) is 0.425.